The lowest BCUT2D eigenvalue weighted by atomic mass is 10.1. The molecular formula is C22H24ClI2N3O2. The molecule has 1 N–H and O–H groups in total. The molecule has 1 fully saturated rings. The van der Waals surface area contributed by atoms with Gasteiger partial charge in [-0.25, -0.2) is 0 Å². The zero-order valence-electron chi connectivity index (χ0n) is 16.9. The molecule has 30 heavy (non-hydrogen) atoms. The van der Waals surface area contributed by atoms with Crippen LogP contribution in [0.3, 0.4) is 0 Å². The lowest BCUT2D eigenvalue weighted by molar-refractivity contribution is -0.132. The summed E-state index contributed by atoms with van der Waals surface area (Å²) < 4.78 is 1.90. The van der Waals surface area contributed by atoms with Crippen LogP contribution in [0.1, 0.15) is 30.6 Å². The Morgan fingerprint density at radius 3 is 2.43 bits per heavy atom. The first kappa shape index (κ1) is 23.6. The molecule has 2 aromatic rings. The largest absolute Gasteiger partial charge is 0.366 e. The van der Waals surface area contributed by atoms with Gasteiger partial charge in [0, 0.05) is 44.8 Å². The highest BCUT2D eigenvalue weighted by Gasteiger charge is 2.24. The second kappa shape index (κ2) is 10.5. The molecule has 5 nitrogen and oxygen atoms in total. The number of rotatable bonds is 5. The number of hydrogen-bond donors (Lipinski definition) is 1. The molecule has 0 unspecified atom stereocenters. The Bertz CT molecular complexity index is 944. The van der Waals surface area contributed by atoms with Crippen molar-refractivity contribution in [2.45, 2.75) is 20.3 Å². The van der Waals surface area contributed by atoms with Crippen molar-refractivity contribution in [2.75, 3.05) is 36.4 Å². The quantitative estimate of drug-likeness (QED) is 0.435. The summed E-state index contributed by atoms with van der Waals surface area (Å²) in [6, 6.07) is 11.3. The summed E-state index contributed by atoms with van der Waals surface area (Å²) in [4.78, 5) is 29.4. The van der Waals surface area contributed by atoms with Crippen molar-refractivity contribution in [1.29, 1.82) is 0 Å². The predicted molar refractivity (Wildman–Crippen MR) is 140 cm³/mol. The normalized spacial score (nSPS) is 14.2. The highest BCUT2D eigenvalue weighted by atomic mass is 127. The SMILES string of the molecule is CC(C)CC(=O)N1CCN(c2ccc(Cl)cc2NC(=O)c2cc(I)ccc2I)CC1. The molecule has 1 heterocycles. The molecule has 0 aromatic heterocycles. The predicted octanol–water partition coefficient (Wildman–Crippen LogP) is 5.50. The minimum atomic E-state index is -0.160. The van der Waals surface area contributed by atoms with E-state index in [2.05, 4.69) is 69.2 Å². The van der Waals surface area contributed by atoms with Crippen LogP contribution in [0.25, 0.3) is 0 Å². The average molecular weight is 652 g/mol. The number of nitrogens with zero attached hydrogens (tertiary/aromatic N) is 2. The maximum absolute atomic E-state index is 12.9. The number of nitrogens with one attached hydrogen (secondary N) is 1. The van der Waals surface area contributed by atoms with Gasteiger partial charge in [0.2, 0.25) is 5.91 Å². The van der Waals surface area contributed by atoms with E-state index in [4.69, 9.17) is 11.6 Å². The standard InChI is InChI=1S/C22H24ClI2N3O2/c1-14(2)11-21(29)28-9-7-27(8-10-28)20-6-3-15(23)12-19(20)26-22(30)17-13-16(24)4-5-18(17)25/h3-6,12-14H,7-11H2,1-2H3,(H,26,30). The molecule has 1 saturated heterocycles. The van der Waals surface area contributed by atoms with Crippen LogP contribution >= 0.6 is 56.8 Å². The van der Waals surface area contributed by atoms with Gasteiger partial charge in [-0.05, 0) is 87.5 Å². The Balaban J connectivity index is 1.75. The van der Waals surface area contributed by atoms with E-state index < -0.39 is 0 Å². The summed E-state index contributed by atoms with van der Waals surface area (Å²) in [6.07, 6.45) is 0.580. The van der Waals surface area contributed by atoms with Crippen molar-refractivity contribution in [3.05, 3.63) is 54.1 Å². The molecular weight excluding hydrogens is 628 g/mol. The van der Waals surface area contributed by atoms with Gasteiger partial charge in [-0.3, -0.25) is 9.59 Å². The van der Waals surface area contributed by atoms with Crippen molar-refractivity contribution in [2.24, 2.45) is 5.92 Å². The van der Waals surface area contributed by atoms with Crippen LogP contribution in [-0.4, -0.2) is 42.9 Å². The van der Waals surface area contributed by atoms with E-state index in [0.717, 1.165) is 25.9 Å². The second-order valence-electron chi connectivity index (χ2n) is 7.71. The van der Waals surface area contributed by atoms with Crippen molar-refractivity contribution in [3.8, 4) is 0 Å². The van der Waals surface area contributed by atoms with Crippen LogP contribution in [-0.2, 0) is 4.79 Å². The number of carbonyl (C=O) groups is 2. The number of piperazine rings is 1. The molecule has 0 radical (unpaired) electrons. The Hall–Kier alpha value is -1.07. The van der Waals surface area contributed by atoms with Gasteiger partial charge in [0.05, 0.1) is 16.9 Å². The second-order valence-corrected chi connectivity index (χ2v) is 10.5. The van der Waals surface area contributed by atoms with Crippen molar-refractivity contribution in [1.82, 2.24) is 4.90 Å². The lowest BCUT2D eigenvalue weighted by Gasteiger charge is -2.37. The average Bonchev–Trinajstić information content (AvgIpc) is 2.69. The molecule has 2 aromatic carbocycles. The van der Waals surface area contributed by atoms with Gasteiger partial charge >= 0.3 is 0 Å². The van der Waals surface area contributed by atoms with Crippen molar-refractivity contribution >= 4 is 80.0 Å². The molecule has 1 aliphatic rings. The van der Waals surface area contributed by atoms with Gasteiger partial charge in [-0.15, -0.1) is 0 Å². The zero-order chi connectivity index (χ0) is 21.8. The van der Waals surface area contributed by atoms with Crippen molar-refractivity contribution in [3.63, 3.8) is 0 Å². The van der Waals surface area contributed by atoms with E-state index in [-0.39, 0.29) is 11.8 Å². The van der Waals surface area contributed by atoms with Crippen LogP contribution in [0, 0.1) is 13.1 Å². The molecule has 160 valence electrons. The summed E-state index contributed by atoms with van der Waals surface area (Å²) in [5, 5.41) is 3.61. The minimum absolute atomic E-state index is 0.160. The third-order valence-corrected chi connectivity index (χ3v) is 6.78. The van der Waals surface area contributed by atoms with Gasteiger partial charge in [0.1, 0.15) is 0 Å². The number of carbonyl (C=O) groups excluding carboxylic acids is 2. The Labute approximate surface area is 209 Å². The van der Waals surface area contributed by atoms with E-state index in [1.807, 2.05) is 35.2 Å². The maximum atomic E-state index is 12.9. The summed E-state index contributed by atoms with van der Waals surface area (Å²) in [5.74, 6) is 0.409. The van der Waals surface area contributed by atoms with Gasteiger partial charge in [-0.2, -0.15) is 0 Å². The Morgan fingerprint density at radius 1 is 1.07 bits per heavy atom. The number of hydrogen-bond acceptors (Lipinski definition) is 3. The minimum Gasteiger partial charge on any atom is -0.366 e. The number of benzene rings is 2. The van der Waals surface area contributed by atoms with Crippen LogP contribution in [0.15, 0.2) is 36.4 Å². The molecule has 2 amide bonds. The van der Waals surface area contributed by atoms with Crippen LogP contribution in [0.4, 0.5) is 11.4 Å². The van der Waals surface area contributed by atoms with E-state index in [9.17, 15) is 9.59 Å². The highest BCUT2D eigenvalue weighted by molar-refractivity contribution is 14.1. The fraction of sp³-hybridized carbons (Fsp3) is 0.364. The van der Waals surface area contributed by atoms with E-state index in [1.54, 1.807) is 6.07 Å². The number of anilines is 2. The summed E-state index contributed by atoms with van der Waals surface area (Å²) in [7, 11) is 0. The summed E-state index contributed by atoms with van der Waals surface area (Å²) >= 11 is 10.6. The van der Waals surface area contributed by atoms with E-state index in [1.165, 1.54) is 0 Å². The third-order valence-electron chi connectivity index (χ3n) is 4.94. The van der Waals surface area contributed by atoms with Gasteiger partial charge in [-0.1, -0.05) is 25.4 Å². The first-order valence-corrected chi connectivity index (χ1v) is 12.4. The number of halogens is 3. The lowest BCUT2D eigenvalue weighted by Crippen LogP contribution is -2.49. The van der Waals surface area contributed by atoms with E-state index in [0.29, 0.717) is 41.7 Å². The first-order chi connectivity index (χ1) is 14.2. The monoisotopic (exact) mass is 651 g/mol. The molecule has 3 rings (SSSR count). The Morgan fingerprint density at radius 2 is 1.77 bits per heavy atom. The first-order valence-electron chi connectivity index (χ1n) is 9.83. The molecule has 0 atom stereocenters. The summed E-state index contributed by atoms with van der Waals surface area (Å²) in [6.45, 7) is 6.91. The molecule has 0 bridgehead atoms. The molecule has 0 saturated carbocycles. The molecule has 0 aliphatic carbocycles. The van der Waals surface area contributed by atoms with Crippen LogP contribution < -0.4 is 10.2 Å². The molecule has 8 heteroatoms. The van der Waals surface area contributed by atoms with Crippen molar-refractivity contribution < 1.29 is 9.59 Å². The topological polar surface area (TPSA) is 52.7 Å². The zero-order valence-corrected chi connectivity index (χ0v) is 22.0. The fourth-order valence-corrected chi connectivity index (χ4v) is 4.66. The third kappa shape index (κ3) is 6.00. The van der Waals surface area contributed by atoms with Crippen LogP contribution in [0.5, 0.6) is 0 Å². The maximum Gasteiger partial charge on any atom is 0.256 e. The summed E-state index contributed by atoms with van der Waals surface area (Å²) in [5.41, 5.74) is 2.24. The van der Waals surface area contributed by atoms with Gasteiger partial charge in [0.15, 0.2) is 0 Å². The highest BCUT2D eigenvalue weighted by Crippen LogP contribution is 2.31. The van der Waals surface area contributed by atoms with Gasteiger partial charge < -0.3 is 15.1 Å². The molecule has 0 spiro atoms. The van der Waals surface area contributed by atoms with Crippen LogP contribution in [0.2, 0.25) is 5.02 Å². The fourth-order valence-electron chi connectivity index (χ4n) is 3.42. The molecule has 1 aliphatic heterocycles. The van der Waals surface area contributed by atoms with Gasteiger partial charge in [0.25, 0.3) is 5.91 Å². The smallest absolute Gasteiger partial charge is 0.256 e. The number of amides is 2. The Kier molecular flexibility index (Phi) is 8.25. The van der Waals surface area contributed by atoms with E-state index >= 15 is 0 Å².